The van der Waals surface area contributed by atoms with Crippen molar-refractivity contribution in [3.8, 4) is 55.6 Å². The van der Waals surface area contributed by atoms with Gasteiger partial charge < -0.3 is 9.32 Å². The van der Waals surface area contributed by atoms with Gasteiger partial charge >= 0.3 is 0 Å². The van der Waals surface area contributed by atoms with Gasteiger partial charge in [0.05, 0.1) is 0 Å². The summed E-state index contributed by atoms with van der Waals surface area (Å²) in [4.78, 5) is 2.38. The minimum Gasteiger partial charge on any atom is -0.456 e. The van der Waals surface area contributed by atoms with E-state index in [-0.39, 0.29) is 0 Å². The van der Waals surface area contributed by atoms with Crippen LogP contribution in [0, 0.1) is 0 Å². The Balaban J connectivity index is 1.02. The lowest BCUT2D eigenvalue weighted by molar-refractivity contribution is 0.669. The van der Waals surface area contributed by atoms with Gasteiger partial charge in [-0.2, -0.15) is 0 Å². The van der Waals surface area contributed by atoms with Crippen LogP contribution >= 0.6 is 0 Å². The molecule has 0 fully saturated rings. The van der Waals surface area contributed by atoms with Crippen molar-refractivity contribution >= 4 is 49.8 Å². The Labute approximate surface area is 349 Å². The molecule has 10 aromatic carbocycles. The third-order valence-corrected chi connectivity index (χ3v) is 11.6. The fourth-order valence-electron chi connectivity index (χ4n) is 8.64. The number of nitrogens with zero attached hydrogens (tertiary/aromatic N) is 1. The molecular formula is C58H39NO. The molecule has 11 aromatic rings. The summed E-state index contributed by atoms with van der Waals surface area (Å²) in [5.74, 6) is 0. The lowest BCUT2D eigenvalue weighted by Gasteiger charge is -2.27. The second-order valence-corrected chi connectivity index (χ2v) is 15.3. The first-order valence-corrected chi connectivity index (χ1v) is 20.5. The molecule has 2 nitrogen and oxygen atoms in total. The van der Waals surface area contributed by atoms with E-state index in [9.17, 15) is 0 Å². The molecule has 0 spiro atoms. The Morgan fingerprint density at radius 1 is 0.250 bits per heavy atom. The van der Waals surface area contributed by atoms with Gasteiger partial charge in [-0.15, -0.1) is 0 Å². The summed E-state index contributed by atoms with van der Waals surface area (Å²) in [7, 11) is 0. The molecule has 0 amide bonds. The quantitative estimate of drug-likeness (QED) is 0.153. The van der Waals surface area contributed by atoms with Crippen LogP contribution in [0.1, 0.15) is 0 Å². The van der Waals surface area contributed by atoms with Gasteiger partial charge in [0.25, 0.3) is 0 Å². The molecule has 0 aliphatic carbocycles. The zero-order valence-corrected chi connectivity index (χ0v) is 32.9. The van der Waals surface area contributed by atoms with Gasteiger partial charge in [0, 0.05) is 27.8 Å². The highest BCUT2D eigenvalue weighted by molar-refractivity contribution is 6.06. The molecule has 0 bridgehead atoms. The van der Waals surface area contributed by atoms with Crippen molar-refractivity contribution < 1.29 is 4.42 Å². The van der Waals surface area contributed by atoms with Crippen LogP contribution in [0.2, 0.25) is 0 Å². The van der Waals surface area contributed by atoms with Crippen LogP contribution < -0.4 is 4.90 Å². The Morgan fingerprint density at radius 2 is 0.717 bits per heavy atom. The molecular weight excluding hydrogens is 727 g/mol. The van der Waals surface area contributed by atoms with Crippen molar-refractivity contribution in [2.45, 2.75) is 0 Å². The number of hydrogen-bond donors (Lipinski definition) is 0. The standard InChI is InChI=1S/C58H39NO/c1-3-13-40(14-4-1)48-36-49(41-15-5-2-6-16-41)38-52(37-48)59(51-32-27-43(28-33-51)46-29-34-58-56(39-46)55-22-9-10-24-57(55)60-58)50-30-25-42(26-31-50)45-19-11-20-47(35-45)54-23-12-18-44-17-7-8-21-53(44)54/h1-39H. The number of para-hydroxylation sites is 1. The monoisotopic (exact) mass is 765 g/mol. The number of anilines is 3. The van der Waals surface area contributed by atoms with Gasteiger partial charge in [-0.25, -0.2) is 0 Å². The van der Waals surface area contributed by atoms with Crippen molar-refractivity contribution in [3.63, 3.8) is 0 Å². The summed E-state index contributed by atoms with van der Waals surface area (Å²) in [6.45, 7) is 0. The van der Waals surface area contributed by atoms with E-state index in [1.807, 2.05) is 12.1 Å². The molecule has 0 atom stereocenters. The van der Waals surface area contributed by atoms with Gasteiger partial charge in [0.15, 0.2) is 0 Å². The molecule has 0 aliphatic heterocycles. The lowest BCUT2D eigenvalue weighted by Crippen LogP contribution is -2.10. The van der Waals surface area contributed by atoms with E-state index in [4.69, 9.17) is 4.42 Å². The topological polar surface area (TPSA) is 16.4 Å². The lowest BCUT2D eigenvalue weighted by atomic mass is 9.95. The van der Waals surface area contributed by atoms with Crippen molar-refractivity contribution in [1.29, 1.82) is 0 Å². The number of hydrogen-bond acceptors (Lipinski definition) is 2. The Morgan fingerprint density at radius 3 is 1.40 bits per heavy atom. The fraction of sp³-hybridized carbons (Fsp3) is 0. The van der Waals surface area contributed by atoms with Crippen molar-refractivity contribution in [1.82, 2.24) is 0 Å². The molecule has 0 radical (unpaired) electrons. The average Bonchev–Trinajstić information content (AvgIpc) is 3.70. The maximum Gasteiger partial charge on any atom is 0.135 e. The normalized spacial score (nSPS) is 11.3. The van der Waals surface area contributed by atoms with Crippen LogP contribution in [-0.2, 0) is 0 Å². The summed E-state index contributed by atoms with van der Waals surface area (Å²) in [5.41, 5.74) is 16.8. The molecule has 60 heavy (non-hydrogen) atoms. The average molecular weight is 766 g/mol. The first-order valence-electron chi connectivity index (χ1n) is 20.5. The van der Waals surface area contributed by atoms with E-state index in [2.05, 4.69) is 229 Å². The molecule has 11 rings (SSSR count). The third kappa shape index (κ3) is 6.61. The van der Waals surface area contributed by atoms with E-state index in [0.717, 1.165) is 61.3 Å². The van der Waals surface area contributed by atoms with E-state index in [0.29, 0.717) is 0 Å². The van der Waals surface area contributed by atoms with Crippen molar-refractivity contribution in [2.75, 3.05) is 4.90 Å². The molecule has 2 heteroatoms. The Kier molecular flexibility index (Phi) is 8.87. The van der Waals surface area contributed by atoms with E-state index in [1.54, 1.807) is 0 Å². The minimum atomic E-state index is 0.902. The van der Waals surface area contributed by atoms with Crippen LogP contribution in [0.5, 0.6) is 0 Å². The van der Waals surface area contributed by atoms with Gasteiger partial charge in [-0.05, 0) is 133 Å². The summed E-state index contributed by atoms with van der Waals surface area (Å²) in [6, 6.07) is 85.0. The zero-order valence-electron chi connectivity index (χ0n) is 32.9. The van der Waals surface area contributed by atoms with Crippen LogP contribution in [-0.4, -0.2) is 0 Å². The van der Waals surface area contributed by atoms with Gasteiger partial charge in [0.1, 0.15) is 11.2 Å². The Hall–Kier alpha value is -7.94. The van der Waals surface area contributed by atoms with E-state index >= 15 is 0 Å². The maximum atomic E-state index is 6.15. The highest BCUT2D eigenvalue weighted by Gasteiger charge is 2.17. The van der Waals surface area contributed by atoms with Gasteiger partial charge in [0.2, 0.25) is 0 Å². The van der Waals surface area contributed by atoms with Crippen LogP contribution in [0.4, 0.5) is 17.1 Å². The summed E-state index contributed by atoms with van der Waals surface area (Å²) < 4.78 is 6.15. The maximum absolute atomic E-state index is 6.15. The fourth-order valence-corrected chi connectivity index (χ4v) is 8.64. The predicted molar refractivity (Wildman–Crippen MR) is 253 cm³/mol. The van der Waals surface area contributed by atoms with E-state index < -0.39 is 0 Å². The summed E-state index contributed by atoms with van der Waals surface area (Å²) in [5, 5.41) is 4.77. The van der Waals surface area contributed by atoms with Gasteiger partial charge in [-0.3, -0.25) is 0 Å². The summed E-state index contributed by atoms with van der Waals surface area (Å²) in [6.07, 6.45) is 0. The van der Waals surface area contributed by atoms with Crippen LogP contribution in [0.15, 0.2) is 241 Å². The second-order valence-electron chi connectivity index (χ2n) is 15.3. The molecule has 1 aromatic heterocycles. The highest BCUT2D eigenvalue weighted by Crippen LogP contribution is 2.42. The first kappa shape index (κ1) is 35.2. The number of furan rings is 1. The number of benzene rings is 10. The van der Waals surface area contributed by atoms with E-state index in [1.165, 1.54) is 44.2 Å². The molecule has 1 heterocycles. The molecule has 0 aliphatic rings. The second kappa shape index (κ2) is 15.1. The predicted octanol–water partition coefficient (Wildman–Crippen LogP) is 16.5. The number of rotatable bonds is 8. The Bertz CT molecular complexity index is 3230. The third-order valence-electron chi connectivity index (χ3n) is 11.6. The first-order chi connectivity index (χ1) is 29.7. The molecule has 0 unspecified atom stereocenters. The molecule has 282 valence electrons. The number of fused-ring (bicyclic) bond motifs is 4. The van der Waals surface area contributed by atoms with Crippen molar-refractivity contribution in [2.24, 2.45) is 0 Å². The van der Waals surface area contributed by atoms with Crippen LogP contribution in [0.3, 0.4) is 0 Å². The van der Waals surface area contributed by atoms with Crippen molar-refractivity contribution in [3.05, 3.63) is 237 Å². The van der Waals surface area contributed by atoms with Crippen LogP contribution in [0.25, 0.3) is 88.3 Å². The van der Waals surface area contributed by atoms with Gasteiger partial charge in [-0.1, -0.05) is 170 Å². The molecule has 0 saturated heterocycles. The minimum absolute atomic E-state index is 0.902. The molecule has 0 N–H and O–H groups in total. The highest BCUT2D eigenvalue weighted by atomic mass is 16.3. The summed E-state index contributed by atoms with van der Waals surface area (Å²) >= 11 is 0. The molecule has 0 saturated carbocycles. The largest absolute Gasteiger partial charge is 0.456 e. The SMILES string of the molecule is c1ccc(-c2cc(-c3ccccc3)cc(N(c3ccc(-c4cccc(-c5cccc6ccccc56)c4)cc3)c3ccc(-c4ccc5oc6ccccc6c5c4)cc3)c2)cc1. The smallest absolute Gasteiger partial charge is 0.135 e. The zero-order chi connectivity index (χ0) is 39.8.